The maximum absolute atomic E-state index is 12.9. The molecule has 3 aromatic carbocycles. The third kappa shape index (κ3) is 9.24. The van der Waals surface area contributed by atoms with Gasteiger partial charge in [-0.15, -0.1) is 0 Å². The summed E-state index contributed by atoms with van der Waals surface area (Å²) in [6.07, 6.45) is -3.26. The zero-order chi connectivity index (χ0) is 32.7. The second-order valence-electron chi connectivity index (χ2n) is 10.6. The van der Waals surface area contributed by atoms with E-state index in [2.05, 4.69) is 20.9 Å². The molecule has 9 nitrogen and oxygen atoms in total. The van der Waals surface area contributed by atoms with Crippen LogP contribution in [0.25, 0.3) is 0 Å². The first kappa shape index (κ1) is 33.4. The lowest BCUT2D eigenvalue weighted by Gasteiger charge is -2.22. The third-order valence-corrected chi connectivity index (χ3v) is 7.74. The van der Waals surface area contributed by atoms with Gasteiger partial charge in [0.05, 0.1) is 23.1 Å². The molecule has 3 aromatic rings. The Kier molecular flexibility index (Phi) is 10.8. The molecule has 1 fully saturated rings. The van der Waals surface area contributed by atoms with Gasteiger partial charge in [-0.3, -0.25) is 9.69 Å². The van der Waals surface area contributed by atoms with Gasteiger partial charge in [0.25, 0.3) is 0 Å². The van der Waals surface area contributed by atoms with Crippen molar-refractivity contribution in [1.82, 2.24) is 5.32 Å². The van der Waals surface area contributed by atoms with Gasteiger partial charge in [-0.2, -0.15) is 18.2 Å². The van der Waals surface area contributed by atoms with E-state index in [-0.39, 0.29) is 34.7 Å². The molecule has 3 N–H and O–H groups in total. The zero-order valence-corrected chi connectivity index (χ0v) is 26.0. The first-order valence-corrected chi connectivity index (χ1v) is 15.3. The Morgan fingerprint density at radius 2 is 1.62 bits per heavy atom. The highest BCUT2D eigenvalue weighted by atomic mass is 32.2. The molecule has 4 rings (SSSR count). The van der Waals surface area contributed by atoms with E-state index in [1.165, 1.54) is 28.8 Å². The fraction of sp³-hybridized carbons (Fsp3) is 0.312. The lowest BCUT2D eigenvalue weighted by molar-refractivity contribution is -0.137. The fourth-order valence-corrected chi connectivity index (χ4v) is 5.24. The number of nitrogens with one attached hydrogen (secondary N) is 3. The van der Waals surface area contributed by atoms with E-state index < -0.39 is 23.8 Å². The summed E-state index contributed by atoms with van der Waals surface area (Å²) in [6, 6.07) is 15.1. The Balaban J connectivity index is 1.33. The van der Waals surface area contributed by atoms with Crippen LogP contribution in [0.15, 0.2) is 71.7 Å². The molecule has 0 spiro atoms. The van der Waals surface area contributed by atoms with Gasteiger partial charge in [-0.05, 0) is 93.3 Å². The van der Waals surface area contributed by atoms with Crippen LogP contribution in [0.2, 0.25) is 0 Å². The van der Waals surface area contributed by atoms with E-state index in [4.69, 9.17) is 4.74 Å². The molecule has 2 unspecified atom stereocenters. The molecule has 13 heteroatoms. The number of amidine groups is 1. The highest BCUT2D eigenvalue weighted by Crippen LogP contribution is 2.36. The van der Waals surface area contributed by atoms with Crippen molar-refractivity contribution >= 4 is 52.0 Å². The number of ether oxygens (including phenoxy) is 1. The lowest BCUT2D eigenvalue weighted by atomic mass is 10.1. The van der Waals surface area contributed by atoms with E-state index in [1.807, 2.05) is 45.9 Å². The average Bonchev–Trinajstić information content (AvgIpc) is 3.33. The van der Waals surface area contributed by atoms with Crippen LogP contribution in [-0.4, -0.2) is 41.0 Å². The van der Waals surface area contributed by atoms with E-state index >= 15 is 0 Å². The summed E-state index contributed by atoms with van der Waals surface area (Å²) in [5.41, 5.74) is 2.24. The summed E-state index contributed by atoms with van der Waals surface area (Å²) in [5, 5.41) is 8.23. The van der Waals surface area contributed by atoms with Crippen LogP contribution in [0.5, 0.6) is 5.75 Å². The molecule has 1 saturated heterocycles. The molecule has 2 atom stereocenters. The minimum atomic E-state index is -4.46. The van der Waals surface area contributed by atoms with Crippen molar-refractivity contribution < 1.29 is 32.3 Å². The Morgan fingerprint density at radius 1 is 1.00 bits per heavy atom. The van der Waals surface area contributed by atoms with Gasteiger partial charge in [-0.25, -0.2) is 9.59 Å². The van der Waals surface area contributed by atoms with E-state index in [0.717, 1.165) is 29.7 Å². The second-order valence-corrected chi connectivity index (χ2v) is 11.6. The van der Waals surface area contributed by atoms with Crippen LogP contribution >= 0.6 is 11.8 Å². The first-order chi connectivity index (χ1) is 21.3. The standard InChI is InChI=1S/C32H34F3N5O4S/c1-5-21(4)44-27-15-6-19(2)16-26(27)40-28(41)18-45-31(40)39-29(42)36-20(3)17-22-7-11-24(12-8-22)37-30(43)38-25-13-9-23(10-14-25)32(33,34)35/h6-16,20-21H,5,17-18H2,1-4H3,(H,36,42)(H2,37,38,43). The van der Waals surface area contributed by atoms with Crippen molar-refractivity contribution in [2.24, 2.45) is 4.99 Å². The molecule has 1 aliphatic rings. The molecule has 1 aliphatic heterocycles. The normalized spacial score (nSPS) is 15.5. The number of rotatable bonds is 9. The second kappa shape index (κ2) is 14.5. The summed E-state index contributed by atoms with van der Waals surface area (Å²) >= 11 is 1.19. The van der Waals surface area contributed by atoms with E-state index in [9.17, 15) is 27.6 Å². The van der Waals surface area contributed by atoms with Gasteiger partial charge in [0, 0.05) is 17.4 Å². The average molecular weight is 642 g/mol. The largest absolute Gasteiger partial charge is 0.489 e. The lowest BCUT2D eigenvalue weighted by Crippen LogP contribution is -2.35. The Labute approximate surface area is 263 Å². The number of urea groups is 2. The molecule has 0 radical (unpaired) electrons. The van der Waals surface area contributed by atoms with Crippen molar-refractivity contribution in [3.63, 3.8) is 0 Å². The van der Waals surface area contributed by atoms with Crippen LogP contribution in [0, 0.1) is 6.92 Å². The summed E-state index contributed by atoms with van der Waals surface area (Å²) < 4.78 is 44.2. The number of thioether (sulfide) groups is 1. The summed E-state index contributed by atoms with van der Waals surface area (Å²) in [6.45, 7) is 7.69. The maximum Gasteiger partial charge on any atom is 0.416 e. The van der Waals surface area contributed by atoms with Gasteiger partial charge in [0.15, 0.2) is 5.17 Å². The highest BCUT2D eigenvalue weighted by Gasteiger charge is 2.33. The predicted molar refractivity (Wildman–Crippen MR) is 171 cm³/mol. The minimum Gasteiger partial charge on any atom is -0.489 e. The highest BCUT2D eigenvalue weighted by molar-refractivity contribution is 8.15. The Morgan fingerprint density at radius 3 is 2.22 bits per heavy atom. The number of carbonyl (C=O) groups excluding carboxylic acids is 3. The van der Waals surface area contributed by atoms with Crippen LogP contribution in [0.1, 0.15) is 43.9 Å². The van der Waals surface area contributed by atoms with E-state index in [0.29, 0.717) is 23.5 Å². The quantitative estimate of drug-likeness (QED) is 0.223. The monoisotopic (exact) mass is 641 g/mol. The number of carbonyl (C=O) groups is 3. The molecule has 0 saturated carbocycles. The van der Waals surface area contributed by atoms with Gasteiger partial charge < -0.3 is 20.7 Å². The molecule has 0 bridgehead atoms. The number of anilines is 3. The van der Waals surface area contributed by atoms with Crippen molar-refractivity contribution in [3.8, 4) is 5.75 Å². The van der Waals surface area contributed by atoms with Gasteiger partial charge in [-0.1, -0.05) is 36.9 Å². The number of amides is 5. The number of alkyl halides is 3. The van der Waals surface area contributed by atoms with E-state index in [1.54, 1.807) is 24.3 Å². The predicted octanol–water partition coefficient (Wildman–Crippen LogP) is 7.61. The number of halogens is 3. The number of aryl methyl sites for hydroxylation is 1. The van der Waals surface area contributed by atoms with Gasteiger partial charge in [0.2, 0.25) is 5.91 Å². The fourth-order valence-electron chi connectivity index (χ4n) is 4.38. The molecule has 5 amide bonds. The minimum absolute atomic E-state index is 0.0592. The molecule has 45 heavy (non-hydrogen) atoms. The van der Waals surface area contributed by atoms with Crippen LogP contribution < -0.4 is 25.6 Å². The summed E-state index contributed by atoms with van der Waals surface area (Å²) in [7, 11) is 0. The molecule has 1 heterocycles. The molecule has 0 aliphatic carbocycles. The van der Waals surface area contributed by atoms with Crippen LogP contribution in [0.4, 0.5) is 39.8 Å². The number of nitrogens with zero attached hydrogens (tertiary/aromatic N) is 2. The Hall–Kier alpha value is -4.52. The molecular formula is C32H34F3N5O4S. The maximum atomic E-state index is 12.9. The number of benzene rings is 3. The first-order valence-electron chi connectivity index (χ1n) is 14.3. The topological polar surface area (TPSA) is 112 Å². The van der Waals surface area contributed by atoms with Gasteiger partial charge >= 0.3 is 18.2 Å². The van der Waals surface area contributed by atoms with Crippen molar-refractivity contribution in [1.29, 1.82) is 0 Å². The number of aliphatic imine (C=N–C) groups is 1. The summed E-state index contributed by atoms with van der Waals surface area (Å²) in [4.78, 5) is 43.6. The summed E-state index contributed by atoms with van der Waals surface area (Å²) in [5.74, 6) is 0.504. The number of hydrogen-bond donors (Lipinski definition) is 3. The smallest absolute Gasteiger partial charge is 0.416 e. The van der Waals surface area contributed by atoms with Crippen molar-refractivity contribution in [2.75, 3.05) is 21.3 Å². The zero-order valence-electron chi connectivity index (χ0n) is 25.2. The van der Waals surface area contributed by atoms with Gasteiger partial charge in [0.1, 0.15) is 5.75 Å². The molecule has 0 aromatic heterocycles. The molecule has 238 valence electrons. The van der Waals surface area contributed by atoms with Crippen LogP contribution in [0.3, 0.4) is 0 Å². The van der Waals surface area contributed by atoms with Crippen LogP contribution in [-0.2, 0) is 17.4 Å². The molecular weight excluding hydrogens is 607 g/mol. The third-order valence-electron chi connectivity index (χ3n) is 6.81. The van der Waals surface area contributed by atoms with Crippen molar-refractivity contribution in [3.05, 3.63) is 83.4 Å². The number of hydrogen-bond acceptors (Lipinski definition) is 5. The SMILES string of the molecule is CCC(C)Oc1ccc(C)cc1N1C(=O)CSC1=NC(=O)NC(C)Cc1ccc(NC(=O)Nc2ccc(C(F)(F)F)cc2)cc1. The van der Waals surface area contributed by atoms with Crippen molar-refractivity contribution in [2.45, 2.75) is 58.9 Å². The Bertz CT molecular complexity index is 1560.